The van der Waals surface area contributed by atoms with E-state index in [1.807, 2.05) is 13.8 Å². The maximum atomic E-state index is 12.9. The second-order valence-corrected chi connectivity index (χ2v) is 3.62. The Labute approximate surface area is 74.4 Å². The Bertz CT molecular complexity index is 102. The minimum atomic E-state index is -0.807. The van der Waals surface area contributed by atoms with Crippen molar-refractivity contribution in [2.45, 2.75) is 58.8 Å². The molecular formula is C10H20F2. The fourth-order valence-corrected chi connectivity index (χ4v) is 1.13. The van der Waals surface area contributed by atoms with Gasteiger partial charge in [-0.2, -0.15) is 0 Å². The Kier molecular flexibility index (Phi) is 6.31. The maximum Gasteiger partial charge on any atom is 0.100 e. The van der Waals surface area contributed by atoms with Crippen molar-refractivity contribution in [1.29, 1.82) is 0 Å². The molecule has 0 amide bonds. The van der Waals surface area contributed by atoms with Crippen LogP contribution in [0.3, 0.4) is 0 Å². The van der Waals surface area contributed by atoms with E-state index in [4.69, 9.17) is 0 Å². The van der Waals surface area contributed by atoms with Crippen LogP contribution in [0.15, 0.2) is 0 Å². The van der Waals surface area contributed by atoms with Gasteiger partial charge >= 0.3 is 0 Å². The molecule has 0 saturated heterocycles. The quantitative estimate of drug-likeness (QED) is 0.578. The van der Waals surface area contributed by atoms with Gasteiger partial charge in [-0.3, -0.25) is 0 Å². The van der Waals surface area contributed by atoms with Crippen molar-refractivity contribution in [2.24, 2.45) is 5.92 Å². The highest BCUT2D eigenvalue weighted by Gasteiger charge is 2.13. The molecule has 0 N–H and O–H groups in total. The van der Waals surface area contributed by atoms with Crippen LogP contribution in [0.25, 0.3) is 0 Å². The van der Waals surface area contributed by atoms with Crippen LogP contribution in [0.2, 0.25) is 0 Å². The molecule has 0 aromatic carbocycles. The zero-order valence-electron chi connectivity index (χ0n) is 8.32. The van der Waals surface area contributed by atoms with E-state index in [-0.39, 0.29) is 5.92 Å². The number of hydrogen-bond donors (Lipinski definition) is 0. The summed E-state index contributed by atoms with van der Waals surface area (Å²) in [6.07, 6.45) is 1.14. The Balaban J connectivity index is 3.40. The largest absolute Gasteiger partial charge is 0.248 e. The first kappa shape index (κ1) is 11.9. The van der Waals surface area contributed by atoms with Gasteiger partial charge in [0.2, 0.25) is 0 Å². The molecule has 0 aliphatic rings. The Hall–Kier alpha value is -0.140. The summed E-state index contributed by atoms with van der Waals surface area (Å²) in [6, 6.07) is 0. The molecule has 12 heavy (non-hydrogen) atoms. The molecule has 0 aromatic rings. The minimum absolute atomic E-state index is 0.0000983. The van der Waals surface area contributed by atoms with Gasteiger partial charge in [-0.25, -0.2) is 8.78 Å². The summed E-state index contributed by atoms with van der Waals surface area (Å²) in [4.78, 5) is 0. The molecule has 0 aromatic heterocycles. The Morgan fingerprint density at radius 3 is 2.00 bits per heavy atom. The van der Waals surface area contributed by atoms with Gasteiger partial charge in [-0.1, -0.05) is 20.3 Å². The fraction of sp³-hybridized carbons (Fsp3) is 1.00. The van der Waals surface area contributed by atoms with E-state index in [1.54, 1.807) is 0 Å². The predicted octanol–water partition coefficient (Wildman–Crippen LogP) is 3.90. The van der Waals surface area contributed by atoms with Crippen LogP contribution >= 0.6 is 0 Å². The van der Waals surface area contributed by atoms with Gasteiger partial charge in [-0.05, 0) is 32.1 Å². The molecule has 0 rings (SSSR count). The zero-order chi connectivity index (χ0) is 9.56. The number of alkyl halides is 2. The second kappa shape index (κ2) is 6.38. The van der Waals surface area contributed by atoms with E-state index in [1.165, 1.54) is 6.92 Å². The molecule has 3 unspecified atom stereocenters. The first-order chi connectivity index (χ1) is 5.57. The average Bonchev–Trinajstić information content (AvgIpc) is 2.00. The van der Waals surface area contributed by atoms with Crippen LogP contribution in [-0.4, -0.2) is 12.3 Å². The minimum Gasteiger partial charge on any atom is -0.248 e. The highest BCUT2D eigenvalue weighted by Crippen LogP contribution is 2.17. The molecule has 74 valence electrons. The third-order valence-corrected chi connectivity index (χ3v) is 2.32. The molecule has 0 saturated carbocycles. The number of hydrogen-bond acceptors (Lipinski definition) is 0. The van der Waals surface area contributed by atoms with Crippen LogP contribution in [0.5, 0.6) is 0 Å². The number of halogens is 2. The summed E-state index contributed by atoms with van der Waals surface area (Å²) in [5, 5.41) is 0. The van der Waals surface area contributed by atoms with Gasteiger partial charge in [0, 0.05) is 0 Å². The first-order valence-corrected chi connectivity index (χ1v) is 4.86. The molecular weight excluding hydrogens is 158 g/mol. The molecule has 0 nitrogen and oxygen atoms in total. The Morgan fingerprint density at radius 1 is 1.00 bits per heavy atom. The summed E-state index contributed by atoms with van der Waals surface area (Å²) >= 11 is 0. The first-order valence-electron chi connectivity index (χ1n) is 4.86. The fourth-order valence-electron chi connectivity index (χ4n) is 1.13. The van der Waals surface area contributed by atoms with Gasteiger partial charge in [-0.15, -0.1) is 0 Å². The molecule has 0 spiro atoms. The smallest absolute Gasteiger partial charge is 0.100 e. The van der Waals surface area contributed by atoms with Crippen LogP contribution in [0.4, 0.5) is 8.78 Å². The van der Waals surface area contributed by atoms with Crippen LogP contribution in [-0.2, 0) is 0 Å². The lowest BCUT2D eigenvalue weighted by atomic mass is 9.98. The average molecular weight is 178 g/mol. The molecule has 0 bridgehead atoms. The van der Waals surface area contributed by atoms with Crippen molar-refractivity contribution in [3.05, 3.63) is 0 Å². The number of rotatable bonds is 6. The highest BCUT2D eigenvalue weighted by atomic mass is 19.1. The summed E-state index contributed by atoms with van der Waals surface area (Å²) in [5.74, 6) is 0.0000983. The highest BCUT2D eigenvalue weighted by molar-refractivity contribution is 4.63. The van der Waals surface area contributed by atoms with Crippen molar-refractivity contribution in [3.63, 3.8) is 0 Å². The van der Waals surface area contributed by atoms with Crippen LogP contribution in [0, 0.1) is 5.92 Å². The van der Waals surface area contributed by atoms with E-state index in [2.05, 4.69) is 0 Å². The van der Waals surface area contributed by atoms with Gasteiger partial charge in [0.1, 0.15) is 6.17 Å². The van der Waals surface area contributed by atoms with E-state index in [9.17, 15) is 8.78 Å². The predicted molar refractivity (Wildman–Crippen MR) is 48.8 cm³/mol. The van der Waals surface area contributed by atoms with E-state index >= 15 is 0 Å². The lowest BCUT2D eigenvalue weighted by Crippen LogP contribution is -2.11. The molecule has 2 heteroatoms. The van der Waals surface area contributed by atoms with Crippen molar-refractivity contribution in [1.82, 2.24) is 0 Å². The molecule has 3 atom stereocenters. The SMILES string of the molecule is CCCC(F)CCC(C)C(C)F. The molecule has 0 aliphatic carbocycles. The van der Waals surface area contributed by atoms with E-state index < -0.39 is 12.3 Å². The molecule has 0 aliphatic heterocycles. The van der Waals surface area contributed by atoms with E-state index in [0.717, 1.165) is 6.42 Å². The monoisotopic (exact) mass is 178 g/mol. The Morgan fingerprint density at radius 2 is 1.58 bits per heavy atom. The normalized spacial score (nSPS) is 18.8. The van der Waals surface area contributed by atoms with Crippen molar-refractivity contribution < 1.29 is 8.78 Å². The van der Waals surface area contributed by atoms with E-state index in [0.29, 0.717) is 19.3 Å². The van der Waals surface area contributed by atoms with Crippen molar-refractivity contribution in [3.8, 4) is 0 Å². The summed E-state index contributed by atoms with van der Waals surface area (Å²) in [6.45, 7) is 5.34. The van der Waals surface area contributed by atoms with Gasteiger partial charge < -0.3 is 0 Å². The third-order valence-electron chi connectivity index (χ3n) is 2.32. The van der Waals surface area contributed by atoms with Crippen LogP contribution < -0.4 is 0 Å². The van der Waals surface area contributed by atoms with Crippen LogP contribution in [0.1, 0.15) is 46.5 Å². The van der Waals surface area contributed by atoms with Gasteiger partial charge in [0.05, 0.1) is 6.17 Å². The third kappa shape index (κ3) is 5.50. The summed E-state index contributed by atoms with van der Waals surface area (Å²) in [5.41, 5.74) is 0. The van der Waals surface area contributed by atoms with Crippen molar-refractivity contribution >= 4 is 0 Å². The standard InChI is InChI=1S/C10H20F2/c1-4-5-10(12)7-6-8(2)9(3)11/h8-10H,4-7H2,1-3H3. The van der Waals surface area contributed by atoms with Crippen molar-refractivity contribution in [2.75, 3.05) is 0 Å². The summed E-state index contributed by atoms with van der Waals surface area (Å²) in [7, 11) is 0. The molecule has 0 radical (unpaired) electrons. The molecule has 0 fully saturated rings. The lowest BCUT2D eigenvalue weighted by molar-refractivity contribution is 0.216. The summed E-state index contributed by atoms with van der Waals surface area (Å²) < 4.78 is 25.5. The van der Waals surface area contributed by atoms with Gasteiger partial charge in [0.25, 0.3) is 0 Å². The maximum absolute atomic E-state index is 12.9. The molecule has 0 heterocycles. The second-order valence-electron chi connectivity index (χ2n) is 3.62. The lowest BCUT2D eigenvalue weighted by Gasteiger charge is -2.13. The van der Waals surface area contributed by atoms with Gasteiger partial charge in [0.15, 0.2) is 0 Å². The zero-order valence-corrected chi connectivity index (χ0v) is 8.32. The topological polar surface area (TPSA) is 0 Å².